The first-order chi connectivity index (χ1) is 10.2. The van der Waals surface area contributed by atoms with Crippen LogP contribution in [0.25, 0.3) is 6.08 Å². The van der Waals surface area contributed by atoms with Crippen molar-refractivity contribution >= 4 is 23.6 Å². The smallest absolute Gasteiger partial charge is 0.244 e. The van der Waals surface area contributed by atoms with Gasteiger partial charge in [0.25, 0.3) is 0 Å². The van der Waals surface area contributed by atoms with Gasteiger partial charge < -0.3 is 10.4 Å². The molecular weight excluding hydrogens is 286 g/mol. The maximum Gasteiger partial charge on any atom is 0.244 e. The molecule has 0 saturated carbocycles. The van der Waals surface area contributed by atoms with E-state index in [1.807, 2.05) is 42.5 Å². The highest BCUT2D eigenvalue weighted by molar-refractivity contribution is 6.30. The Bertz CT molecular complexity index is 626. The summed E-state index contributed by atoms with van der Waals surface area (Å²) in [5, 5.41) is 12.8. The van der Waals surface area contributed by atoms with Gasteiger partial charge in [-0.05, 0) is 29.3 Å². The van der Waals surface area contributed by atoms with E-state index in [9.17, 15) is 9.90 Å². The highest BCUT2D eigenvalue weighted by Gasteiger charge is 2.11. The summed E-state index contributed by atoms with van der Waals surface area (Å²) >= 11 is 5.88. The zero-order valence-electron chi connectivity index (χ0n) is 11.4. The first-order valence-electron chi connectivity index (χ1n) is 6.59. The normalized spacial score (nSPS) is 12.3. The van der Waals surface area contributed by atoms with Gasteiger partial charge in [0.2, 0.25) is 5.91 Å². The summed E-state index contributed by atoms with van der Waals surface area (Å²) in [6.07, 6.45) is 3.11. The Hall–Kier alpha value is -2.10. The molecule has 3 nitrogen and oxygen atoms in total. The average Bonchev–Trinajstić information content (AvgIpc) is 2.51. The molecule has 1 amide bonds. The third-order valence-electron chi connectivity index (χ3n) is 2.98. The lowest BCUT2D eigenvalue weighted by molar-refractivity contribution is -0.117. The van der Waals surface area contributed by atoms with Crippen molar-refractivity contribution in [1.29, 1.82) is 0 Å². The first-order valence-corrected chi connectivity index (χ1v) is 6.97. The summed E-state index contributed by atoms with van der Waals surface area (Å²) in [4.78, 5) is 11.9. The lowest BCUT2D eigenvalue weighted by Crippen LogP contribution is -2.29. The summed E-state index contributed by atoms with van der Waals surface area (Å²) in [7, 11) is 0. The van der Waals surface area contributed by atoms with Crippen LogP contribution in [0, 0.1) is 0 Å². The number of benzene rings is 2. The van der Waals surface area contributed by atoms with E-state index in [-0.39, 0.29) is 12.5 Å². The van der Waals surface area contributed by atoms with Crippen LogP contribution in [0.3, 0.4) is 0 Å². The predicted molar refractivity (Wildman–Crippen MR) is 84.9 cm³/mol. The standard InChI is InChI=1S/C17H16ClNO2/c18-15-8-4-5-13(11-15)9-10-17(21)19-16(12-20)14-6-2-1-3-7-14/h1-11,16,20H,12H2,(H,19,21)/b10-9+/t16-/m1/s1. The molecule has 0 fully saturated rings. The molecule has 0 aromatic heterocycles. The van der Waals surface area contributed by atoms with E-state index < -0.39 is 6.04 Å². The van der Waals surface area contributed by atoms with E-state index >= 15 is 0 Å². The first kappa shape index (κ1) is 15.3. The molecular formula is C17H16ClNO2. The van der Waals surface area contributed by atoms with Gasteiger partial charge in [0, 0.05) is 11.1 Å². The molecule has 0 saturated heterocycles. The molecule has 0 aliphatic heterocycles. The highest BCUT2D eigenvalue weighted by atomic mass is 35.5. The number of amides is 1. The summed E-state index contributed by atoms with van der Waals surface area (Å²) in [5.41, 5.74) is 1.71. The van der Waals surface area contributed by atoms with Crippen molar-refractivity contribution in [2.24, 2.45) is 0 Å². The third kappa shape index (κ3) is 4.74. The largest absolute Gasteiger partial charge is 0.394 e. The molecule has 2 rings (SSSR count). The van der Waals surface area contributed by atoms with E-state index in [0.29, 0.717) is 5.02 Å². The van der Waals surface area contributed by atoms with Gasteiger partial charge in [-0.2, -0.15) is 0 Å². The van der Waals surface area contributed by atoms with Crippen molar-refractivity contribution in [2.75, 3.05) is 6.61 Å². The van der Waals surface area contributed by atoms with Crippen molar-refractivity contribution in [1.82, 2.24) is 5.32 Å². The Morgan fingerprint density at radius 3 is 2.62 bits per heavy atom. The van der Waals surface area contributed by atoms with Gasteiger partial charge >= 0.3 is 0 Å². The van der Waals surface area contributed by atoms with Gasteiger partial charge in [0.15, 0.2) is 0 Å². The minimum atomic E-state index is -0.414. The predicted octanol–water partition coefficient (Wildman–Crippen LogP) is 3.20. The second-order valence-corrected chi connectivity index (χ2v) is 4.98. The second-order valence-electron chi connectivity index (χ2n) is 4.54. The van der Waals surface area contributed by atoms with Crippen molar-refractivity contribution in [3.8, 4) is 0 Å². The molecule has 21 heavy (non-hydrogen) atoms. The average molecular weight is 302 g/mol. The van der Waals surface area contributed by atoms with Crippen molar-refractivity contribution in [2.45, 2.75) is 6.04 Å². The Balaban J connectivity index is 2.00. The van der Waals surface area contributed by atoms with Gasteiger partial charge in [-0.15, -0.1) is 0 Å². The number of carbonyl (C=O) groups is 1. The van der Waals surface area contributed by atoms with E-state index in [1.54, 1.807) is 18.2 Å². The maximum absolute atomic E-state index is 11.9. The SMILES string of the molecule is O=C(/C=C/c1cccc(Cl)c1)N[C@H](CO)c1ccccc1. The third-order valence-corrected chi connectivity index (χ3v) is 3.21. The van der Waals surface area contributed by atoms with Crippen molar-refractivity contribution in [3.05, 3.63) is 76.8 Å². The van der Waals surface area contributed by atoms with Crippen LogP contribution >= 0.6 is 11.6 Å². The Labute approximate surface area is 128 Å². The van der Waals surface area contributed by atoms with Crippen LogP contribution in [0.5, 0.6) is 0 Å². The van der Waals surface area contributed by atoms with E-state index in [4.69, 9.17) is 11.6 Å². The molecule has 0 radical (unpaired) electrons. The fraction of sp³-hybridized carbons (Fsp3) is 0.118. The molecule has 0 aliphatic rings. The van der Waals surface area contributed by atoms with Gasteiger partial charge in [0.1, 0.15) is 0 Å². The topological polar surface area (TPSA) is 49.3 Å². The lowest BCUT2D eigenvalue weighted by atomic mass is 10.1. The molecule has 2 aromatic carbocycles. The van der Waals surface area contributed by atoms with Gasteiger partial charge in [0.05, 0.1) is 12.6 Å². The number of nitrogens with one attached hydrogen (secondary N) is 1. The molecule has 1 atom stereocenters. The Morgan fingerprint density at radius 2 is 1.95 bits per heavy atom. The van der Waals surface area contributed by atoms with Crippen LogP contribution in [0.15, 0.2) is 60.7 Å². The quantitative estimate of drug-likeness (QED) is 0.833. The van der Waals surface area contributed by atoms with Crippen LogP contribution in [0.4, 0.5) is 0 Å². The van der Waals surface area contributed by atoms with Crippen LogP contribution in [0.2, 0.25) is 5.02 Å². The van der Waals surface area contributed by atoms with Crippen LogP contribution in [-0.4, -0.2) is 17.6 Å². The highest BCUT2D eigenvalue weighted by Crippen LogP contribution is 2.13. The minimum absolute atomic E-state index is 0.152. The molecule has 0 unspecified atom stereocenters. The number of hydrogen-bond donors (Lipinski definition) is 2. The molecule has 2 N–H and O–H groups in total. The van der Waals surface area contributed by atoms with Crippen molar-refractivity contribution in [3.63, 3.8) is 0 Å². The molecule has 108 valence electrons. The van der Waals surface area contributed by atoms with Crippen LogP contribution in [-0.2, 0) is 4.79 Å². The Kier molecular flexibility index (Phi) is 5.55. The molecule has 4 heteroatoms. The molecule has 0 aliphatic carbocycles. The maximum atomic E-state index is 11.9. The number of rotatable bonds is 5. The second kappa shape index (κ2) is 7.62. The zero-order chi connectivity index (χ0) is 15.1. The number of halogens is 1. The summed E-state index contributed by atoms with van der Waals surface area (Å²) in [6.45, 7) is -0.152. The summed E-state index contributed by atoms with van der Waals surface area (Å²) < 4.78 is 0. The Morgan fingerprint density at radius 1 is 1.19 bits per heavy atom. The van der Waals surface area contributed by atoms with Crippen molar-refractivity contribution < 1.29 is 9.90 Å². The van der Waals surface area contributed by atoms with Gasteiger partial charge in [-0.3, -0.25) is 4.79 Å². The van der Waals surface area contributed by atoms with Crippen LogP contribution < -0.4 is 5.32 Å². The zero-order valence-corrected chi connectivity index (χ0v) is 12.1. The molecule has 0 bridgehead atoms. The van der Waals surface area contributed by atoms with E-state index in [1.165, 1.54) is 6.08 Å². The van der Waals surface area contributed by atoms with E-state index in [0.717, 1.165) is 11.1 Å². The lowest BCUT2D eigenvalue weighted by Gasteiger charge is -2.15. The number of hydrogen-bond acceptors (Lipinski definition) is 2. The molecule has 0 heterocycles. The summed E-state index contributed by atoms with van der Waals surface area (Å²) in [5.74, 6) is -0.266. The summed E-state index contributed by atoms with van der Waals surface area (Å²) in [6, 6.07) is 16.2. The number of aliphatic hydroxyl groups is 1. The van der Waals surface area contributed by atoms with Gasteiger partial charge in [-0.1, -0.05) is 54.1 Å². The number of aliphatic hydroxyl groups excluding tert-OH is 1. The fourth-order valence-corrected chi connectivity index (χ4v) is 2.12. The number of carbonyl (C=O) groups excluding carboxylic acids is 1. The van der Waals surface area contributed by atoms with Crippen LogP contribution in [0.1, 0.15) is 17.2 Å². The fourth-order valence-electron chi connectivity index (χ4n) is 1.92. The molecule has 2 aromatic rings. The monoisotopic (exact) mass is 301 g/mol. The van der Waals surface area contributed by atoms with E-state index in [2.05, 4.69) is 5.32 Å². The minimum Gasteiger partial charge on any atom is -0.394 e. The molecule has 0 spiro atoms. The van der Waals surface area contributed by atoms with Gasteiger partial charge in [-0.25, -0.2) is 0 Å².